The summed E-state index contributed by atoms with van der Waals surface area (Å²) < 4.78 is 0. The normalized spacial score (nSPS) is 34.9. The van der Waals surface area contributed by atoms with E-state index in [1.807, 2.05) is 32.9 Å². The minimum Gasteiger partial charge on any atom is -0.481 e. The van der Waals surface area contributed by atoms with Crippen LogP contribution < -0.4 is 5.32 Å². The van der Waals surface area contributed by atoms with Crippen molar-refractivity contribution in [3.63, 3.8) is 0 Å². The fourth-order valence-electron chi connectivity index (χ4n) is 3.00. The molecule has 5 atom stereocenters. The number of carbonyl (C=O) groups excluding carboxylic acids is 1. The molecular weight excluding hydrogens is 230 g/mol. The van der Waals surface area contributed by atoms with Crippen LogP contribution in [0.3, 0.4) is 0 Å². The molecule has 0 aliphatic heterocycles. The summed E-state index contributed by atoms with van der Waals surface area (Å²) in [6.07, 6.45) is 4.78. The van der Waals surface area contributed by atoms with Crippen LogP contribution in [0.1, 0.15) is 27.2 Å². The average Bonchev–Trinajstić information content (AvgIpc) is 2.87. The van der Waals surface area contributed by atoms with Crippen LogP contribution in [0.25, 0.3) is 0 Å². The van der Waals surface area contributed by atoms with E-state index in [1.54, 1.807) is 0 Å². The molecule has 2 rings (SSSR count). The van der Waals surface area contributed by atoms with E-state index in [-0.39, 0.29) is 23.8 Å². The maximum Gasteiger partial charge on any atom is 0.307 e. The summed E-state index contributed by atoms with van der Waals surface area (Å²) >= 11 is 0. The van der Waals surface area contributed by atoms with Crippen molar-refractivity contribution in [3.05, 3.63) is 12.2 Å². The second-order valence-corrected chi connectivity index (χ2v) is 5.88. The average molecular weight is 251 g/mol. The van der Waals surface area contributed by atoms with Crippen molar-refractivity contribution in [2.75, 3.05) is 0 Å². The van der Waals surface area contributed by atoms with Crippen LogP contribution in [-0.4, -0.2) is 23.0 Å². The van der Waals surface area contributed by atoms with E-state index in [2.05, 4.69) is 5.32 Å². The number of carboxylic acids is 1. The summed E-state index contributed by atoms with van der Waals surface area (Å²) in [5.41, 5.74) is 0. The molecule has 4 heteroatoms. The molecule has 0 aromatic rings. The number of hydrogen-bond acceptors (Lipinski definition) is 2. The van der Waals surface area contributed by atoms with Gasteiger partial charge in [-0.05, 0) is 31.1 Å². The summed E-state index contributed by atoms with van der Waals surface area (Å²) in [4.78, 5) is 23.6. The first-order valence-electron chi connectivity index (χ1n) is 6.63. The van der Waals surface area contributed by atoms with E-state index in [4.69, 9.17) is 0 Å². The van der Waals surface area contributed by atoms with Crippen molar-refractivity contribution >= 4 is 11.9 Å². The van der Waals surface area contributed by atoms with Gasteiger partial charge in [0.2, 0.25) is 5.91 Å². The quantitative estimate of drug-likeness (QED) is 0.747. The molecule has 0 aromatic heterocycles. The van der Waals surface area contributed by atoms with E-state index in [0.29, 0.717) is 5.92 Å². The van der Waals surface area contributed by atoms with E-state index >= 15 is 0 Å². The third kappa shape index (κ3) is 2.16. The predicted molar refractivity (Wildman–Crippen MR) is 67.8 cm³/mol. The molecular formula is C14H21NO3. The molecule has 5 unspecified atom stereocenters. The molecule has 0 heterocycles. The highest BCUT2D eigenvalue weighted by Crippen LogP contribution is 2.48. The van der Waals surface area contributed by atoms with Gasteiger partial charge in [0, 0.05) is 6.04 Å². The SMILES string of the molecule is CC(C)C(C)NC(=O)C1C2C=CC(C2)C1C(=O)O. The molecule has 18 heavy (non-hydrogen) atoms. The number of aliphatic carboxylic acids is 1. The summed E-state index contributed by atoms with van der Waals surface area (Å²) in [7, 11) is 0. The van der Waals surface area contributed by atoms with Gasteiger partial charge in [0.25, 0.3) is 0 Å². The van der Waals surface area contributed by atoms with Crippen molar-refractivity contribution in [3.8, 4) is 0 Å². The zero-order valence-corrected chi connectivity index (χ0v) is 11.1. The minimum absolute atomic E-state index is 0.0395. The molecule has 2 bridgehead atoms. The molecule has 0 spiro atoms. The second-order valence-electron chi connectivity index (χ2n) is 5.88. The Morgan fingerprint density at radius 2 is 1.72 bits per heavy atom. The van der Waals surface area contributed by atoms with Gasteiger partial charge in [-0.2, -0.15) is 0 Å². The van der Waals surface area contributed by atoms with Gasteiger partial charge in [0.05, 0.1) is 11.8 Å². The Balaban J connectivity index is 2.10. The minimum atomic E-state index is -0.843. The number of nitrogens with one attached hydrogen (secondary N) is 1. The molecule has 0 aromatic carbocycles. The molecule has 2 aliphatic carbocycles. The molecule has 2 aliphatic rings. The van der Waals surface area contributed by atoms with Crippen molar-refractivity contribution in [1.29, 1.82) is 0 Å². The number of amides is 1. The van der Waals surface area contributed by atoms with Crippen LogP contribution in [0.4, 0.5) is 0 Å². The first-order valence-corrected chi connectivity index (χ1v) is 6.63. The molecule has 100 valence electrons. The number of fused-ring (bicyclic) bond motifs is 2. The highest BCUT2D eigenvalue weighted by Gasteiger charge is 2.51. The highest BCUT2D eigenvalue weighted by molar-refractivity contribution is 5.87. The van der Waals surface area contributed by atoms with E-state index in [9.17, 15) is 14.7 Å². The Kier molecular flexibility index (Phi) is 3.46. The van der Waals surface area contributed by atoms with Gasteiger partial charge in [-0.25, -0.2) is 0 Å². The zero-order valence-electron chi connectivity index (χ0n) is 11.1. The van der Waals surface area contributed by atoms with E-state index in [1.165, 1.54) is 0 Å². The van der Waals surface area contributed by atoms with Gasteiger partial charge in [-0.3, -0.25) is 9.59 Å². The van der Waals surface area contributed by atoms with Gasteiger partial charge in [0.1, 0.15) is 0 Å². The van der Waals surface area contributed by atoms with Crippen molar-refractivity contribution < 1.29 is 14.7 Å². The number of carbonyl (C=O) groups is 2. The van der Waals surface area contributed by atoms with Crippen LogP contribution in [0.15, 0.2) is 12.2 Å². The Bertz CT molecular complexity index is 389. The van der Waals surface area contributed by atoms with Gasteiger partial charge in [-0.1, -0.05) is 26.0 Å². The first-order chi connectivity index (χ1) is 8.41. The number of hydrogen-bond donors (Lipinski definition) is 2. The first kappa shape index (κ1) is 13.1. The van der Waals surface area contributed by atoms with Crippen molar-refractivity contribution in [2.24, 2.45) is 29.6 Å². The molecule has 2 N–H and O–H groups in total. The van der Waals surface area contributed by atoms with Crippen LogP contribution in [-0.2, 0) is 9.59 Å². The Hall–Kier alpha value is -1.32. The fraction of sp³-hybridized carbons (Fsp3) is 0.714. The lowest BCUT2D eigenvalue weighted by Gasteiger charge is -2.26. The van der Waals surface area contributed by atoms with Gasteiger partial charge >= 0.3 is 5.97 Å². The maximum atomic E-state index is 12.3. The predicted octanol–water partition coefficient (Wildman–Crippen LogP) is 1.67. The number of allylic oxidation sites excluding steroid dienone is 2. The maximum absolute atomic E-state index is 12.3. The molecule has 0 saturated heterocycles. The van der Waals surface area contributed by atoms with Crippen LogP contribution in [0.2, 0.25) is 0 Å². The summed E-state index contributed by atoms with van der Waals surface area (Å²) in [5.74, 6) is -1.37. The lowest BCUT2D eigenvalue weighted by molar-refractivity contribution is -0.148. The Morgan fingerprint density at radius 1 is 1.17 bits per heavy atom. The largest absolute Gasteiger partial charge is 0.481 e. The third-order valence-electron chi connectivity index (χ3n) is 4.42. The zero-order chi connectivity index (χ0) is 13.4. The Labute approximate surface area is 107 Å². The molecule has 1 fully saturated rings. The highest BCUT2D eigenvalue weighted by atomic mass is 16.4. The lowest BCUT2D eigenvalue weighted by Crippen LogP contribution is -2.45. The van der Waals surface area contributed by atoms with Crippen LogP contribution in [0.5, 0.6) is 0 Å². The fourth-order valence-corrected chi connectivity index (χ4v) is 3.00. The number of rotatable bonds is 4. The summed E-state index contributed by atoms with van der Waals surface area (Å²) in [5, 5.41) is 12.2. The topological polar surface area (TPSA) is 66.4 Å². The second kappa shape index (κ2) is 4.75. The third-order valence-corrected chi connectivity index (χ3v) is 4.42. The smallest absolute Gasteiger partial charge is 0.307 e. The number of carboxylic acid groups (broad SMARTS) is 1. The van der Waals surface area contributed by atoms with Crippen LogP contribution in [0, 0.1) is 29.6 Å². The summed E-state index contributed by atoms with van der Waals surface area (Å²) in [6, 6.07) is 0.0788. The Morgan fingerprint density at radius 3 is 2.22 bits per heavy atom. The monoisotopic (exact) mass is 251 g/mol. The molecule has 4 nitrogen and oxygen atoms in total. The van der Waals surface area contributed by atoms with Crippen LogP contribution >= 0.6 is 0 Å². The van der Waals surface area contributed by atoms with E-state index < -0.39 is 17.8 Å². The standard InChI is InChI=1S/C14H21NO3/c1-7(2)8(3)15-13(16)11-9-4-5-10(6-9)12(11)14(17)18/h4-5,7-12H,6H2,1-3H3,(H,15,16)(H,17,18). The lowest BCUT2D eigenvalue weighted by atomic mass is 9.82. The van der Waals surface area contributed by atoms with Crippen molar-refractivity contribution in [1.82, 2.24) is 5.32 Å². The van der Waals surface area contributed by atoms with Gasteiger partial charge in [-0.15, -0.1) is 0 Å². The molecule has 1 saturated carbocycles. The van der Waals surface area contributed by atoms with E-state index in [0.717, 1.165) is 6.42 Å². The molecule has 1 amide bonds. The van der Waals surface area contributed by atoms with Crippen molar-refractivity contribution in [2.45, 2.75) is 33.2 Å². The van der Waals surface area contributed by atoms with Gasteiger partial charge in [0.15, 0.2) is 0 Å². The van der Waals surface area contributed by atoms with Gasteiger partial charge < -0.3 is 10.4 Å². The molecule has 0 radical (unpaired) electrons. The summed E-state index contributed by atoms with van der Waals surface area (Å²) in [6.45, 7) is 6.04.